The minimum atomic E-state index is -1.03. The molecule has 1 N–H and O–H groups in total. The van der Waals surface area contributed by atoms with Crippen molar-refractivity contribution in [3.05, 3.63) is 15.8 Å². The lowest BCUT2D eigenvalue weighted by Crippen LogP contribution is -2.47. The molecule has 0 bridgehead atoms. The zero-order chi connectivity index (χ0) is 28.0. The fourth-order valence-electron chi connectivity index (χ4n) is 5.31. The Morgan fingerprint density at radius 3 is 2.29 bits per heavy atom. The number of ether oxygens (including phenoxy) is 1. The predicted molar refractivity (Wildman–Crippen MR) is 152 cm³/mol. The zero-order valence-corrected chi connectivity index (χ0v) is 24.8. The number of carbonyl (C=O) groups is 3. The number of thiophene rings is 1. The van der Waals surface area contributed by atoms with Crippen LogP contribution in [0.5, 0.6) is 0 Å². The second-order valence-corrected chi connectivity index (χ2v) is 13.5. The van der Waals surface area contributed by atoms with Crippen molar-refractivity contribution in [3.8, 4) is 11.8 Å². The Hall–Kier alpha value is -2.33. The summed E-state index contributed by atoms with van der Waals surface area (Å²) in [6.07, 6.45) is 7.61. The molecule has 0 spiro atoms. The first-order valence-electron chi connectivity index (χ1n) is 14.3. The van der Waals surface area contributed by atoms with Gasteiger partial charge in [-0.05, 0) is 90.0 Å². The number of carbonyl (C=O) groups excluding carboxylic acids is 2. The molecule has 2 fully saturated rings. The van der Waals surface area contributed by atoms with Crippen molar-refractivity contribution in [1.29, 1.82) is 0 Å². The van der Waals surface area contributed by atoms with Gasteiger partial charge in [0, 0.05) is 23.8 Å². The maximum Gasteiger partial charge on any atom is 0.348 e. The summed E-state index contributed by atoms with van der Waals surface area (Å²) in [7, 11) is 0. The Balaban J connectivity index is 1.86. The summed E-state index contributed by atoms with van der Waals surface area (Å²) in [4.78, 5) is 41.3. The summed E-state index contributed by atoms with van der Waals surface area (Å²) in [5.74, 6) is 6.00. The lowest BCUT2D eigenvalue weighted by Gasteiger charge is -2.39. The summed E-state index contributed by atoms with van der Waals surface area (Å²) in [5.41, 5.74) is 0.258. The molecular weight excluding hydrogens is 498 g/mol. The van der Waals surface area contributed by atoms with Crippen LogP contribution in [0.25, 0.3) is 0 Å². The van der Waals surface area contributed by atoms with Gasteiger partial charge in [0.2, 0.25) is 5.91 Å². The molecule has 1 heterocycles. The lowest BCUT2D eigenvalue weighted by atomic mass is 9.81. The maximum atomic E-state index is 14.0. The van der Waals surface area contributed by atoms with Crippen LogP contribution in [0.4, 0.5) is 5.69 Å². The number of carboxylic acid groups (broad SMARTS) is 1. The van der Waals surface area contributed by atoms with Crippen molar-refractivity contribution < 1.29 is 24.2 Å². The van der Waals surface area contributed by atoms with Crippen LogP contribution in [0.15, 0.2) is 6.07 Å². The van der Waals surface area contributed by atoms with Crippen LogP contribution in [0.2, 0.25) is 0 Å². The van der Waals surface area contributed by atoms with Crippen LogP contribution in [0.3, 0.4) is 0 Å². The average Bonchev–Trinajstić information content (AvgIpc) is 3.28. The number of amides is 1. The highest BCUT2D eigenvalue weighted by Crippen LogP contribution is 2.39. The SMILES string of the molecule is CC[C@H](C)CC(=O)O[C@H]1CC[C@H](N(c2cc(C#CC(C)(C)C)sc2C(=O)O)C(=O)[C@H]2CC[C@H](C)CC2)CC1. The molecule has 2 aliphatic rings. The molecule has 1 atom stereocenters. The van der Waals surface area contributed by atoms with E-state index in [9.17, 15) is 19.5 Å². The van der Waals surface area contributed by atoms with Crippen LogP contribution in [0, 0.1) is 35.0 Å². The number of aromatic carboxylic acids is 1. The first-order valence-corrected chi connectivity index (χ1v) is 15.1. The molecule has 0 aromatic carbocycles. The molecule has 2 aliphatic carbocycles. The molecule has 0 radical (unpaired) electrons. The van der Waals surface area contributed by atoms with Gasteiger partial charge in [-0.2, -0.15) is 0 Å². The van der Waals surface area contributed by atoms with Gasteiger partial charge in [0.15, 0.2) is 0 Å². The van der Waals surface area contributed by atoms with E-state index >= 15 is 0 Å². The molecule has 6 nitrogen and oxygen atoms in total. The highest BCUT2D eigenvalue weighted by Gasteiger charge is 2.38. The van der Waals surface area contributed by atoms with Gasteiger partial charge in [-0.3, -0.25) is 9.59 Å². The van der Waals surface area contributed by atoms with Crippen LogP contribution in [-0.2, 0) is 14.3 Å². The summed E-state index contributed by atoms with van der Waals surface area (Å²) >= 11 is 1.15. The third kappa shape index (κ3) is 8.33. The summed E-state index contributed by atoms with van der Waals surface area (Å²) < 4.78 is 5.76. The molecule has 210 valence electrons. The second kappa shape index (κ2) is 13.2. The Labute approximate surface area is 232 Å². The first-order chi connectivity index (χ1) is 17.9. The van der Waals surface area contributed by atoms with E-state index in [0.717, 1.165) is 43.4 Å². The quantitative estimate of drug-likeness (QED) is 0.275. The van der Waals surface area contributed by atoms with E-state index in [1.54, 1.807) is 11.0 Å². The van der Waals surface area contributed by atoms with Crippen molar-refractivity contribution in [2.24, 2.45) is 23.2 Å². The number of anilines is 1. The molecular formula is C31H45NO5S. The summed E-state index contributed by atoms with van der Waals surface area (Å²) in [6.45, 7) is 12.4. The van der Waals surface area contributed by atoms with Crippen LogP contribution in [0.1, 0.15) is 120 Å². The van der Waals surface area contributed by atoms with Gasteiger partial charge < -0.3 is 14.7 Å². The summed E-state index contributed by atoms with van der Waals surface area (Å²) in [6, 6.07) is 1.68. The number of hydrogen-bond donors (Lipinski definition) is 1. The van der Waals surface area contributed by atoms with E-state index in [1.165, 1.54) is 0 Å². The Kier molecular flexibility index (Phi) is 10.5. The normalized spacial score (nSPS) is 24.6. The number of nitrogens with zero attached hydrogens (tertiary/aromatic N) is 1. The number of rotatable bonds is 8. The van der Waals surface area contributed by atoms with E-state index in [-0.39, 0.29) is 40.2 Å². The van der Waals surface area contributed by atoms with Crippen LogP contribution >= 0.6 is 11.3 Å². The van der Waals surface area contributed by atoms with Crippen molar-refractivity contribution >= 4 is 34.9 Å². The van der Waals surface area contributed by atoms with Crippen LogP contribution in [-0.4, -0.2) is 35.1 Å². The molecule has 1 aromatic rings. The largest absolute Gasteiger partial charge is 0.477 e. The van der Waals surface area contributed by atoms with Gasteiger partial charge in [0.05, 0.1) is 10.6 Å². The number of esters is 1. The molecule has 0 aliphatic heterocycles. The van der Waals surface area contributed by atoms with E-state index in [0.29, 0.717) is 54.5 Å². The van der Waals surface area contributed by atoms with Crippen molar-refractivity contribution in [1.82, 2.24) is 0 Å². The summed E-state index contributed by atoms with van der Waals surface area (Å²) in [5, 5.41) is 10.1. The van der Waals surface area contributed by atoms with Crippen molar-refractivity contribution in [2.75, 3.05) is 4.90 Å². The van der Waals surface area contributed by atoms with Gasteiger partial charge in [0.25, 0.3) is 0 Å². The fourth-order valence-corrected chi connectivity index (χ4v) is 6.15. The third-order valence-corrected chi connectivity index (χ3v) is 8.88. The molecule has 2 saturated carbocycles. The Morgan fingerprint density at radius 2 is 1.74 bits per heavy atom. The molecule has 1 amide bonds. The van der Waals surface area contributed by atoms with Crippen LogP contribution < -0.4 is 4.90 Å². The number of hydrogen-bond acceptors (Lipinski definition) is 5. The van der Waals surface area contributed by atoms with E-state index in [4.69, 9.17) is 4.74 Å². The molecule has 7 heteroatoms. The average molecular weight is 544 g/mol. The van der Waals surface area contributed by atoms with Gasteiger partial charge in [-0.1, -0.05) is 39.0 Å². The predicted octanol–water partition coefficient (Wildman–Crippen LogP) is 7.29. The Bertz CT molecular complexity index is 1040. The standard InChI is InChI=1S/C31H45NO5S/c1-7-20(2)18-27(33)37-24-14-12-23(13-15-24)32(29(34)22-10-8-21(3)9-11-22)26-19-25(16-17-31(4,5)6)38-28(26)30(35)36/h19-24H,7-15,18H2,1-6H3,(H,35,36)/t20-,21-,22-,23-,24-/m0/s1. The smallest absolute Gasteiger partial charge is 0.348 e. The first kappa shape index (κ1) is 30.2. The molecule has 0 unspecified atom stereocenters. The van der Waals surface area contributed by atoms with Gasteiger partial charge in [-0.25, -0.2) is 4.79 Å². The zero-order valence-electron chi connectivity index (χ0n) is 24.0. The van der Waals surface area contributed by atoms with Crippen molar-refractivity contribution in [3.63, 3.8) is 0 Å². The van der Waals surface area contributed by atoms with Crippen molar-refractivity contribution in [2.45, 2.75) is 118 Å². The number of carboxylic acids is 1. The minimum absolute atomic E-state index is 0.0322. The molecule has 38 heavy (non-hydrogen) atoms. The second-order valence-electron chi connectivity index (χ2n) is 12.4. The Morgan fingerprint density at radius 1 is 1.11 bits per heavy atom. The van der Waals surface area contributed by atoms with E-state index < -0.39 is 5.97 Å². The maximum absolute atomic E-state index is 14.0. The van der Waals surface area contributed by atoms with Gasteiger partial charge in [-0.15, -0.1) is 11.3 Å². The highest BCUT2D eigenvalue weighted by atomic mass is 32.1. The molecule has 1 aromatic heterocycles. The lowest BCUT2D eigenvalue weighted by molar-refractivity contribution is -0.151. The molecule has 0 saturated heterocycles. The van der Waals surface area contributed by atoms with E-state index in [1.807, 2.05) is 20.8 Å². The highest BCUT2D eigenvalue weighted by molar-refractivity contribution is 7.15. The van der Waals surface area contributed by atoms with E-state index in [2.05, 4.69) is 32.6 Å². The van der Waals surface area contributed by atoms with Gasteiger partial charge in [0.1, 0.15) is 11.0 Å². The topological polar surface area (TPSA) is 83.9 Å². The minimum Gasteiger partial charge on any atom is -0.477 e. The fraction of sp³-hybridized carbons (Fsp3) is 0.710. The third-order valence-electron chi connectivity index (χ3n) is 7.85. The van der Waals surface area contributed by atoms with Gasteiger partial charge >= 0.3 is 11.9 Å². The molecule has 3 rings (SSSR count). The monoisotopic (exact) mass is 543 g/mol.